The number of para-hydroxylation sites is 2. The molecule has 2 amide bonds. The van der Waals surface area contributed by atoms with Gasteiger partial charge in [-0.2, -0.15) is 0 Å². The Morgan fingerprint density at radius 1 is 1.10 bits per heavy atom. The van der Waals surface area contributed by atoms with Gasteiger partial charge in [0.1, 0.15) is 6.61 Å². The minimum atomic E-state index is -3.74. The molecule has 0 aromatic heterocycles. The summed E-state index contributed by atoms with van der Waals surface area (Å²) >= 11 is 0. The van der Waals surface area contributed by atoms with E-state index in [2.05, 4.69) is 5.32 Å². The molecule has 3 rings (SSSR count). The van der Waals surface area contributed by atoms with Crippen molar-refractivity contribution in [3.63, 3.8) is 0 Å². The number of rotatable bonds is 6. The van der Waals surface area contributed by atoms with Gasteiger partial charge >= 0.3 is 5.97 Å². The SMILES string of the molecule is CN(C)S(=O)(=O)c1cccc(C(=O)OCC(=O)NC(=O)C2COc3ccccc3O2)c1. The van der Waals surface area contributed by atoms with Crippen molar-refractivity contribution in [1.82, 2.24) is 9.62 Å². The van der Waals surface area contributed by atoms with E-state index in [-0.39, 0.29) is 17.1 Å². The van der Waals surface area contributed by atoms with Crippen LogP contribution in [0.2, 0.25) is 0 Å². The average molecular weight is 448 g/mol. The number of fused-ring (bicyclic) bond motifs is 1. The molecule has 11 heteroatoms. The molecule has 31 heavy (non-hydrogen) atoms. The van der Waals surface area contributed by atoms with Gasteiger partial charge in [0, 0.05) is 14.1 Å². The van der Waals surface area contributed by atoms with Gasteiger partial charge < -0.3 is 14.2 Å². The first-order chi connectivity index (χ1) is 14.7. The van der Waals surface area contributed by atoms with Gasteiger partial charge in [0.15, 0.2) is 18.1 Å². The second kappa shape index (κ2) is 9.14. The van der Waals surface area contributed by atoms with E-state index in [4.69, 9.17) is 14.2 Å². The second-order valence-corrected chi connectivity index (χ2v) is 8.82. The van der Waals surface area contributed by atoms with Crippen molar-refractivity contribution in [3.8, 4) is 11.5 Å². The number of carbonyl (C=O) groups is 3. The number of benzene rings is 2. The van der Waals surface area contributed by atoms with Crippen LogP contribution in [0.3, 0.4) is 0 Å². The van der Waals surface area contributed by atoms with E-state index < -0.39 is 40.5 Å². The molecule has 0 aliphatic carbocycles. The molecule has 1 aliphatic heterocycles. The summed E-state index contributed by atoms with van der Waals surface area (Å²) in [5.74, 6) is -1.65. The zero-order valence-corrected chi connectivity index (χ0v) is 17.5. The summed E-state index contributed by atoms with van der Waals surface area (Å²) in [4.78, 5) is 36.3. The van der Waals surface area contributed by atoms with E-state index in [0.717, 1.165) is 10.4 Å². The van der Waals surface area contributed by atoms with Gasteiger partial charge in [-0.05, 0) is 30.3 Å². The van der Waals surface area contributed by atoms with Crippen LogP contribution in [-0.4, -0.2) is 63.9 Å². The summed E-state index contributed by atoms with van der Waals surface area (Å²) in [6.45, 7) is -0.817. The Morgan fingerprint density at radius 3 is 2.52 bits per heavy atom. The maximum Gasteiger partial charge on any atom is 0.338 e. The first kappa shape index (κ1) is 22.2. The molecule has 0 saturated carbocycles. The van der Waals surface area contributed by atoms with Crippen molar-refractivity contribution in [2.24, 2.45) is 0 Å². The van der Waals surface area contributed by atoms with E-state index in [0.29, 0.717) is 11.5 Å². The molecule has 1 aliphatic rings. The highest BCUT2D eigenvalue weighted by Crippen LogP contribution is 2.30. The first-order valence-electron chi connectivity index (χ1n) is 9.10. The number of esters is 1. The number of amides is 2. The number of carbonyl (C=O) groups excluding carboxylic acids is 3. The van der Waals surface area contributed by atoms with Gasteiger partial charge in [-0.15, -0.1) is 0 Å². The third kappa shape index (κ3) is 5.19. The summed E-state index contributed by atoms with van der Waals surface area (Å²) in [6.07, 6.45) is -1.04. The molecule has 0 spiro atoms. The Labute approximate surface area is 178 Å². The largest absolute Gasteiger partial charge is 0.485 e. The summed E-state index contributed by atoms with van der Waals surface area (Å²) in [5.41, 5.74) is -0.0531. The smallest absolute Gasteiger partial charge is 0.338 e. The second-order valence-electron chi connectivity index (χ2n) is 6.67. The van der Waals surface area contributed by atoms with Crippen molar-refractivity contribution in [3.05, 3.63) is 54.1 Å². The standard InChI is InChI=1S/C20H20N2O8S/c1-22(2)31(26,27)14-7-5-6-13(10-14)20(25)29-12-18(23)21-19(24)17-11-28-15-8-3-4-9-16(15)30-17/h3-10,17H,11-12H2,1-2H3,(H,21,23,24). The normalized spacial score (nSPS) is 15.3. The van der Waals surface area contributed by atoms with Crippen molar-refractivity contribution in [2.75, 3.05) is 27.3 Å². The van der Waals surface area contributed by atoms with Gasteiger partial charge in [0.2, 0.25) is 16.1 Å². The van der Waals surface area contributed by atoms with Crippen molar-refractivity contribution >= 4 is 27.8 Å². The van der Waals surface area contributed by atoms with Crippen LogP contribution in [0, 0.1) is 0 Å². The van der Waals surface area contributed by atoms with Gasteiger partial charge in [-0.3, -0.25) is 14.9 Å². The minimum Gasteiger partial charge on any atom is -0.485 e. The topological polar surface area (TPSA) is 128 Å². The molecule has 0 bridgehead atoms. The molecule has 0 fully saturated rings. The quantitative estimate of drug-likeness (QED) is 0.636. The summed E-state index contributed by atoms with van der Waals surface area (Å²) in [5, 5.41) is 2.08. The van der Waals surface area contributed by atoms with Gasteiger partial charge in [0.25, 0.3) is 11.8 Å². The molecule has 1 heterocycles. The monoisotopic (exact) mass is 448 g/mol. The Kier molecular flexibility index (Phi) is 6.56. The Bertz CT molecular complexity index is 1110. The van der Waals surface area contributed by atoms with Gasteiger partial charge in [-0.1, -0.05) is 18.2 Å². The molecule has 2 aromatic rings. The van der Waals surface area contributed by atoms with E-state index in [1.54, 1.807) is 24.3 Å². The Hall–Kier alpha value is -3.44. The lowest BCUT2D eigenvalue weighted by atomic mass is 10.2. The molecule has 0 saturated heterocycles. The minimum absolute atomic E-state index is 0.0531. The molecule has 2 aromatic carbocycles. The molecule has 164 valence electrons. The number of sulfonamides is 1. The molecule has 1 unspecified atom stereocenters. The Balaban J connectivity index is 1.54. The van der Waals surface area contributed by atoms with Gasteiger partial charge in [0.05, 0.1) is 10.5 Å². The Morgan fingerprint density at radius 2 is 1.81 bits per heavy atom. The fourth-order valence-corrected chi connectivity index (χ4v) is 3.56. The number of hydrogen-bond acceptors (Lipinski definition) is 8. The number of hydrogen-bond donors (Lipinski definition) is 1. The molecular weight excluding hydrogens is 428 g/mol. The van der Waals surface area contributed by atoms with Crippen LogP contribution in [-0.2, 0) is 24.3 Å². The van der Waals surface area contributed by atoms with Crippen LogP contribution in [0.15, 0.2) is 53.4 Å². The molecule has 10 nitrogen and oxygen atoms in total. The van der Waals surface area contributed by atoms with E-state index in [1.165, 1.54) is 32.3 Å². The van der Waals surface area contributed by atoms with Crippen LogP contribution < -0.4 is 14.8 Å². The van der Waals surface area contributed by atoms with Crippen molar-refractivity contribution in [2.45, 2.75) is 11.0 Å². The highest BCUT2D eigenvalue weighted by Gasteiger charge is 2.28. The highest BCUT2D eigenvalue weighted by atomic mass is 32.2. The van der Waals surface area contributed by atoms with Crippen LogP contribution >= 0.6 is 0 Å². The van der Waals surface area contributed by atoms with E-state index in [9.17, 15) is 22.8 Å². The maximum atomic E-state index is 12.2. The summed E-state index contributed by atoms with van der Waals surface area (Å²) < 4.78 is 41.1. The third-order valence-corrected chi connectivity index (χ3v) is 6.06. The molecule has 1 N–H and O–H groups in total. The zero-order chi connectivity index (χ0) is 22.6. The summed E-state index contributed by atoms with van der Waals surface area (Å²) in [6, 6.07) is 12.0. The van der Waals surface area contributed by atoms with Crippen LogP contribution in [0.4, 0.5) is 0 Å². The van der Waals surface area contributed by atoms with E-state index in [1.807, 2.05) is 0 Å². The zero-order valence-electron chi connectivity index (χ0n) is 16.7. The van der Waals surface area contributed by atoms with Crippen molar-refractivity contribution in [1.29, 1.82) is 0 Å². The number of imide groups is 1. The predicted octanol–water partition coefficient (Wildman–Crippen LogP) is 0.577. The van der Waals surface area contributed by atoms with Crippen LogP contribution in [0.25, 0.3) is 0 Å². The fraction of sp³-hybridized carbons (Fsp3) is 0.250. The van der Waals surface area contributed by atoms with Crippen molar-refractivity contribution < 1.29 is 37.0 Å². The third-order valence-electron chi connectivity index (χ3n) is 4.25. The number of nitrogens with one attached hydrogen (secondary N) is 1. The van der Waals surface area contributed by atoms with Crippen LogP contribution in [0.1, 0.15) is 10.4 Å². The molecule has 1 atom stereocenters. The summed E-state index contributed by atoms with van der Waals surface area (Å²) in [7, 11) is -1.01. The first-order valence-corrected chi connectivity index (χ1v) is 10.5. The van der Waals surface area contributed by atoms with Gasteiger partial charge in [-0.25, -0.2) is 17.5 Å². The molecule has 0 radical (unpaired) electrons. The lowest BCUT2D eigenvalue weighted by Gasteiger charge is -2.25. The fourth-order valence-electron chi connectivity index (χ4n) is 2.61. The predicted molar refractivity (Wildman–Crippen MR) is 107 cm³/mol. The lowest BCUT2D eigenvalue weighted by Crippen LogP contribution is -2.47. The molecular formula is C20H20N2O8S. The average Bonchev–Trinajstić information content (AvgIpc) is 2.77. The maximum absolute atomic E-state index is 12.2. The highest BCUT2D eigenvalue weighted by molar-refractivity contribution is 7.89. The lowest BCUT2D eigenvalue weighted by molar-refractivity contribution is -0.137. The number of nitrogens with zero attached hydrogens (tertiary/aromatic N) is 1. The van der Waals surface area contributed by atoms with E-state index >= 15 is 0 Å². The number of ether oxygens (including phenoxy) is 3. The van der Waals surface area contributed by atoms with Crippen LogP contribution in [0.5, 0.6) is 11.5 Å².